The molecule has 2 aromatic heterocycles. The van der Waals surface area contributed by atoms with Crippen molar-refractivity contribution in [2.75, 3.05) is 0 Å². The van der Waals surface area contributed by atoms with Crippen LogP contribution in [-0.4, -0.2) is 23.8 Å². The van der Waals surface area contributed by atoms with E-state index < -0.39 is 17.4 Å². The van der Waals surface area contributed by atoms with Gasteiger partial charge in [-0.25, -0.2) is 9.78 Å². The van der Waals surface area contributed by atoms with Gasteiger partial charge < -0.3 is 9.67 Å². The highest BCUT2D eigenvalue weighted by Gasteiger charge is 2.20. The molecule has 1 atom stereocenters. The molecule has 3 aromatic rings. The molecule has 24 heavy (non-hydrogen) atoms. The van der Waals surface area contributed by atoms with Crippen LogP contribution in [0.15, 0.2) is 46.5 Å². The minimum absolute atomic E-state index is 0.134. The summed E-state index contributed by atoms with van der Waals surface area (Å²) in [5.74, 6) is 0.429. The molecule has 2 heterocycles. The van der Waals surface area contributed by atoms with Crippen LogP contribution in [0.4, 0.5) is 0 Å². The Morgan fingerprint density at radius 3 is 2.50 bits per heavy atom. The maximum atomic E-state index is 12.5. The van der Waals surface area contributed by atoms with Crippen molar-refractivity contribution < 1.29 is 5.11 Å². The smallest absolute Gasteiger partial charge is 0.332 e. The van der Waals surface area contributed by atoms with Gasteiger partial charge in [-0.05, 0) is 11.6 Å². The van der Waals surface area contributed by atoms with Gasteiger partial charge >= 0.3 is 5.69 Å². The molecule has 0 aliphatic rings. The Bertz CT molecular complexity index is 1030. The molecule has 0 radical (unpaired) electrons. The average Bonchev–Trinajstić information content (AvgIpc) is 2.97. The molecule has 0 saturated heterocycles. The molecule has 1 N–H and O–H groups in total. The van der Waals surface area contributed by atoms with Crippen LogP contribution in [0.25, 0.3) is 17.2 Å². The number of aliphatic hydroxyl groups excluding tert-OH is 1. The van der Waals surface area contributed by atoms with Gasteiger partial charge in [-0.1, -0.05) is 36.9 Å². The number of imidazole rings is 1. The lowest BCUT2D eigenvalue weighted by molar-refractivity contribution is 0.157. The number of hydrogen-bond donors (Lipinski definition) is 1. The van der Waals surface area contributed by atoms with Crippen LogP contribution in [0, 0.1) is 0 Å². The fourth-order valence-corrected chi connectivity index (χ4v) is 2.76. The average molecular weight is 326 g/mol. The summed E-state index contributed by atoms with van der Waals surface area (Å²) in [6.07, 6.45) is 0.686. The summed E-state index contributed by atoms with van der Waals surface area (Å²) in [6.45, 7) is 3.84. The third-order valence-corrected chi connectivity index (χ3v) is 4.10. The van der Waals surface area contributed by atoms with Gasteiger partial charge in [-0.15, -0.1) is 0 Å². The first-order valence-corrected chi connectivity index (χ1v) is 7.47. The molecule has 0 amide bonds. The fourth-order valence-electron chi connectivity index (χ4n) is 2.76. The quantitative estimate of drug-likeness (QED) is 0.769. The number of aryl methyl sites for hydroxylation is 1. The third kappa shape index (κ3) is 2.39. The standard InChI is InChI=1S/C17H18N4O3/c1-4-13-18-15-14(16(23)20(3)17(24)19(15)2)21(13)10-12(22)11-8-6-5-7-9-11/h4-9,12,22H,1,10H2,2-3H3. The van der Waals surface area contributed by atoms with Crippen LogP contribution < -0.4 is 11.2 Å². The lowest BCUT2D eigenvalue weighted by Crippen LogP contribution is -2.37. The van der Waals surface area contributed by atoms with E-state index in [0.717, 1.165) is 10.1 Å². The summed E-state index contributed by atoms with van der Waals surface area (Å²) in [7, 11) is 2.98. The Morgan fingerprint density at radius 2 is 1.88 bits per heavy atom. The van der Waals surface area contributed by atoms with E-state index >= 15 is 0 Å². The van der Waals surface area contributed by atoms with Gasteiger partial charge in [0.25, 0.3) is 5.56 Å². The monoisotopic (exact) mass is 326 g/mol. The van der Waals surface area contributed by atoms with Crippen LogP contribution in [0.5, 0.6) is 0 Å². The Kier molecular flexibility index (Phi) is 3.94. The Morgan fingerprint density at radius 1 is 1.21 bits per heavy atom. The summed E-state index contributed by atoms with van der Waals surface area (Å²) in [5.41, 5.74) is 0.379. The molecule has 7 nitrogen and oxygen atoms in total. The van der Waals surface area contributed by atoms with Crippen molar-refractivity contribution >= 4 is 17.2 Å². The molecule has 1 aromatic carbocycles. The number of benzene rings is 1. The highest BCUT2D eigenvalue weighted by atomic mass is 16.3. The number of aromatic nitrogens is 4. The van der Waals surface area contributed by atoms with Gasteiger partial charge in [0.1, 0.15) is 5.82 Å². The van der Waals surface area contributed by atoms with Crippen molar-refractivity contribution in [1.82, 2.24) is 18.7 Å². The van der Waals surface area contributed by atoms with E-state index in [9.17, 15) is 14.7 Å². The van der Waals surface area contributed by atoms with Crippen molar-refractivity contribution in [3.8, 4) is 0 Å². The molecule has 3 rings (SSSR count). The maximum absolute atomic E-state index is 12.5. The second kappa shape index (κ2) is 5.93. The molecule has 1 unspecified atom stereocenters. The molecule has 124 valence electrons. The first-order chi connectivity index (χ1) is 11.5. The van der Waals surface area contributed by atoms with Crippen molar-refractivity contribution in [1.29, 1.82) is 0 Å². The third-order valence-electron chi connectivity index (χ3n) is 4.10. The first-order valence-electron chi connectivity index (χ1n) is 7.47. The van der Waals surface area contributed by atoms with Gasteiger partial charge in [0.2, 0.25) is 0 Å². The van der Waals surface area contributed by atoms with Gasteiger partial charge in [0, 0.05) is 14.1 Å². The predicted molar refractivity (Wildman–Crippen MR) is 91.7 cm³/mol. The summed E-state index contributed by atoms with van der Waals surface area (Å²) in [4.78, 5) is 28.9. The summed E-state index contributed by atoms with van der Waals surface area (Å²) in [6, 6.07) is 9.16. The van der Waals surface area contributed by atoms with E-state index in [1.54, 1.807) is 11.6 Å². The van der Waals surface area contributed by atoms with Crippen LogP contribution >= 0.6 is 0 Å². The zero-order valence-electron chi connectivity index (χ0n) is 13.5. The van der Waals surface area contributed by atoms with Gasteiger partial charge in [0.05, 0.1) is 12.6 Å². The first kappa shape index (κ1) is 15.9. The lowest BCUT2D eigenvalue weighted by Gasteiger charge is -2.14. The highest BCUT2D eigenvalue weighted by molar-refractivity contribution is 5.73. The topological polar surface area (TPSA) is 82.0 Å². The molecule has 7 heteroatoms. The molecular weight excluding hydrogens is 308 g/mol. The largest absolute Gasteiger partial charge is 0.387 e. The van der Waals surface area contributed by atoms with Crippen molar-refractivity contribution in [2.24, 2.45) is 14.1 Å². The van der Waals surface area contributed by atoms with E-state index in [-0.39, 0.29) is 17.7 Å². The van der Waals surface area contributed by atoms with Crippen molar-refractivity contribution in [2.45, 2.75) is 12.6 Å². The molecule has 0 bridgehead atoms. The van der Waals surface area contributed by atoms with Crippen molar-refractivity contribution in [3.63, 3.8) is 0 Å². The van der Waals surface area contributed by atoms with Gasteiger partial charge in [-0.3, -0.25) is 13.9 Å². The second-order valence-corrected chi connectivity index (χ2v) is 5.59. The molecule has 0 saturated carbocycles. The number of hydrogen-bond acceptors (Lipinski definition) is 4. The molecular formula is C17H18N4O3. The summed E-state index contributed by atoms with van der Waals surface area (Å²) >= 11 is 0. The number of nitrogens with zero attached hydrogens (tertiary/aromatic N) is 4. The molecule has 0 aliphatic carbocycles. The van der Waals surface area contributed by atoms with Crippen LogP contribution in [-0.2, 0) is 20.6 Å². The predicted octanol–water partition coefficient (Wildman–Crippen LogP) is 0.810. The Hall–Kier alpha value is -2.93. The number of fused-ring (bicyclic) bond motifs is 1. The van der Waals surface area contributed by atoms with Crippen LogP contribution in [0.3, 0.4) is 0 Å². The SMILES string of the molecule is C=Cc1nc2c(c(=O)n(C)c(=O)n2C)n1CC(O)c1ccccc1. The molecule has 0 aliphatic heterocycles. The van der Waals surface area contributed by atoms with E-state index in [4.69, 9.17) is 0 Å². The molecule has 0 spiro atoms. The normalized spacial score (nSPS) is 12.5. The van der Waals surface area contributed by atoms with E-state index in [0.29, 0.717) is 5.82 Å². The van der Waals surface area contributed by atoms with Crippen LogP contribution in [0.2, 0.25) is 0 Å². The van der Waals surface area contributed by atoms with E-state index in [1.807, 2.05) is 30.3 Å². The van der Waals surface area contributed by atoms with E-state index in [2.05, 4.69) is 11.6 Å². The number of rotatable bonds is 4. The zero-order valence-corrected chi connectivity index (χ0v) is 13.5. The molecule has 0 fully saturated rings. The van der Waals surface area contributed by atoms with Crippen molar-refractivity contribution in [3.05, 3.63) is 69.1 Å². The summed E-state index contributed by atoms with van der Waals surface area (Å²) in [5, 5.41) is 10.5. The lowest BCUT2D eigenvalue weighted by atomic mass is 10.1. The number of aliphatic hydroxyl groups is 1. The van der Waals surface area contributed by atoms with Gasteiger partial charge in [0.15, 0.2) is 11.2 Å². The summed E-state index contributed by atoms with van der Waals surface area (Å²) < 4.78 is 3.94. The fraction of sp³-hybridized carbons (Fsp3) is 0.235. The van der Waals surface area contributed by atoms with Gasteiger partial charge in [-0.2, -0.15) is 0 Å². The highest BCUT2D eigenvalue weighted by Crippen LogP contribution is 2.19. The second-order valence-electron chi connectivity index (χ2n) is 5.59. The Balaban J connectivity index is 2.22. The minimum Gasteiger partial charge on any atom is -0.387 e. The van der Waals surface area contributed by atoms with Crippen LogP contribution in [0.1, 0.15) is 17.5 Å². The van der Waals surface area contributed by atoms with E-state index in [1.165, 1.54) is 17.7 Å². The Labute approximate surface area is 137 Å². The maximum Gasteiger partial charge on any atom is 0.332 e. The zero-order chi connectivity index (χ0) is 17.4. The minimum atomic E-state index is -0.816.